The normalized spacial score (nSPS) is 16.8. The number of rotatable bonds is 4. The lowest BCUT2D eigenvalue weighted by atomic mass is 10.2. The van der Waals surface area contributed by atoms with Gasteiger partial charge >= 0.3 is 0 Å². The third kappa shape index (κ3) is 3.47. The van der Waals surface area contributed by atoms with E-state index < -0.39 is 0 Å². The van der Waals surface area contributed by atoms with Crippen molar-refractivity contribution in [2.24, 2.45) is 0 Å². The lowest BCUT2D eigenvalue weighted by molar-refractivity contribution is 0.256. The molecule has 0 aromatic heterocycles. The van der Waals surface area contributed by atoms with Gasteiger partial charge in [0.25, 0.3) is 0 Å². The molecule has 1 fully saturated rings. The number of para-hydroxylation sites is 1. The van der Waals surface area contributed by atoms with Crippen LogP contribution >= 0.6 is 0 Å². The number of nitriles is 1. The fraction of sp³-hybridized carbons (Fsp3) is 0.500. The quantitative estimate of drug-likeness (QED) is 0.741. The molecule has 0 amide bonds. The minimum absolute atomic E-state index is 0.679. The fourth-order valence-corrected chi connectivity index (χ4v) is 2.25. The van der Waals surface area contributed by atoms with Gasteiger partial charge in [0.1, 0.15) is 0 Å². The van der Waals surface area contributed by atoms with E-state index in [9.17, 15) is 0 Å². The van der Waals surface area contributed by atoms with Gasteiger partial charge in [-0.05, 0) is 25.1 Å². The van der Waals surface area contributed by atoms with E-state index in [1.165, 1.54) is 5.69 Å². The summed E-state index contributed by atoms with van der Waals surface area (Å²) in [5.41, 5.74) is 1.32. The number of anilines is 1. The van der Waals surface area contributed by atoms with Crippen LogP contribution in [0, 0.1) is 11.3 Å². The summed E-state index contributed by atoms with van der Waals surface area (Å²) in [5.74, 6) is 0. The van der Waals surface area contributed by atoms with Crippen molar-refractivity contribution in [2.75, 3.05) is 37.6 Å². The van der Waals surface area contributed by atoms with E-state index in [4.69, 9.17) is 5.26 Å². The maximum atomic E-state index is 8.51. The first-order valence-electron chi connectivity index (χ1n) is 6.29. The molecule has 90 valence electrons. The molecule has 2 rings (SSSR count). The summed E-state index contributed by atoms with van der Waals surface area (Å²) >= 11 is 0. The average Bonchev–Trinajstić information content (AvgIpc) is 2.41. The summed E-state index contributed by atoms with van der Waals surface area (Å²) in [4.78, 5) is 4.89. The minimum Gasteiger partial charge on any atom is -0.369 e. The van der Waals surface area contributed by atoms with Crippen LogP contribution < -0.4 is 4.90 Å². The van der Waals surface area contributed by atoms with Crippen LogP contribution in [0.2, 0.25) is 0 Å². The van der Waals surface area contributed by atoms with E-state index in [-0.39, 0.29) is 0 Å². The van der Waals surface area contributed by atoms with Gasteiger partial charge < -0.3 is 4.90 Å². The molecule has 1 saturated heterocycles. The minimum atomic E-state index is 0.679. The predicted molar refractivity (Wildman–Crippen MR) is 69.9 cm³/mol. The topological polar surface area (TPSA) is 30.3 Å². The molecule has 0 unspecified atom stereocenters. The number of nitrogens with zero attached hydrogens (tertiary/aromatic N) is 3. The smallest absolute Gasteiger partial charge is 0.0622 e. The fourth-order valence-electron chi connectivity index (χ4n) is 2.25. The second-order valence-electron chi connectivity index (χ2n) is 4.43. The summed E-state index contributed by atoms with van der Waals surface area (Å²) in [5, 5.41) is 8.51. The number of benzene rings is 1. The van der Waals surface area contributed by atoms with Crippen LogP contribution in [0.5, 0.6) is 0 Å². The molecule has 1 heterocycles. The Morgan fingerprint density at radius 2 is 1.76 bits per heavy atom. The van der Waals surface area contributed by atoms with Crippen LogP contribution in [0.4, 0.5) is 5.69 Å². The molecule has 1 aromatic carbocycles. The highest BCUT2D eigenvalue weighted by molar-refractivity contribution is 5.46. The average molecular weight is 229 g/mol. The Bertz CT molecular complexity index is 361. The van der Waals surface area contributed by atoms with Crippen molar-refractivity contribution in [3.05, 3.63) is 30.3 Å². The molecule has 0 atom stereocenters. The second kappa shape index (κ2) is 6.27. The Hall–Kier alpha value is -1.53. The molecule has 0 saturated carbocycles. The molecule has 0 spiro atoms. The highest BCUT2D eigenvalue weighted by Gasteiger charge is 2.16. The van der Waals surface area contributed by atoms with Crippen molar-refractivity contribution in [3.8, 4) is 6.07 Å². The van der Waals surface area contributed by atoms with Gasteiger partial charge in [-0.3, -0.25) is 4.90 Å². The van der Waals surface area contributed by atoms with Crippen LogP contribution in [0.25, 0.3) is 0 Å². The van der Waals surface area contributed by atoms with Gasteiger partial charge in [-0.25, -0.2) is 0 Å². The molecule has 3 heteroatoms. The lowest BCUT2D eigenvalue weighted by Crippen LogP contribution is -2.46. The van der Waals surface area contributed by atoms with Gasteiger partial charge in [-0.2, -0.15) is 5.26 Å². The number of hydrogen-bond acceptors (Lipinski definition) is 3. The zero-order chi connectivity index (χ0) is 11.9. The van der Waals surface area contributed by atoms with Crippen molar-refractivity contribution < 1.29 is 0 Å². The molecular formula is C14H19N3. The van der Waals surface area contributed by atoms with Crippen molar-refractivity contribution in [3.63, 3.8) is 0 Å². The zero-order valence-corrected chi connectivity index (χ0v) is 10.2. The first-order chi connectivity index (χ1) is 8.40. The van der Waals surface area contributed by atoms with Gasteiger partial charge in [0.15, 0.2) is 0 Å². The molecule has 17 heavy (non-hydrogen) atoms. The summed E-state index contributed by atoms with van der Waals surface area (Å²) in [6.45, 7) is 5.48. The predicted octanol–water partition coefficient (Wildman–Crippen LogP) is 2.11. The van der Waals surface area contributed by atoms with Crippen LogP contribution in [0.15, 0.2) is 30.3 Å². The Kier molecular flexibility index (Phi) is 4.40. The van der Waals surface area contributed by atoms with Gasteiger partial charge in [0.2, 0.25) is 0 Å². The maximum absolute atomic E-state index is 8.51. The number of hydrogen-bond donors (Lipinski definition) is 0. The summed E-state index contributed by atoms with van der Waals surface area (Å²) in [6, 6.07) is 12.8. The van der Waals surface area contributed by atoms with E-state index >= 15 is 0 Å². The Balaban J connectivity index is 1.77. The maximum Gasteiger partial charge on any atom is 0.0622 e. The summed E-state index contributed by atoms with van der Waals surface area (Å²) < 4.78 is 0. The van der Waals surface area contributed by atoms with Crippen molar-refractivity contribution >= 4 is 5.69 Å². The first-order valence-corrected chi connectivity index (χ1v) is 6.29. The highest BCUT2D eigenvalue weighted by atomic mass is 15.3. The summed E-state index contributed by atoms with van der Waals surface area (Å²) in [7, 11) is 0. The second-order valence-corrected chi connectivity index (χ2v) is 4.43. The van der Waals surface area contributed by atoms with E-state index in [0.717, 1.165) is 39.1 Å². The number of piperazine rings is 1. The van der Waals surface area contributed by atoms with E-state index in [2.05, 4.69) is 46.2 Å². The summed E-state index contributed by atoms with van der Waals surface area (Å²) in [6.07, 6.45) is 1.68. The van der Waals surface area contributed by atoms with E-state index in [1.807, 2.05) is 0 Å². The zero-order valence-electron chi connectivity index (χ0n) is 10.2. The van der Waals surface area contributed by atoms with Crippen molar-refractivity contribution in [1.29, 1.82) is 5.26 Å². The molecule has 0 aliphatic carbocycles. The molecule has 1 aliphatic heterocycles. The Morgan fingerprint density at radius 1 is 1.06 bits per heavy atom. The monoisotopic (exact) mass is 229 g/mol. The third-order valence-electron chi connectivity index (χ3n) is 3.26. The molecule has 3 nitrogen and oxygen atoms in total. The number of unbranched alkanes of at least 4 members (excludes halogenated alkanes) is 1. The molecule has 1 aliphatic rings. The highest BCUT2D eigenvalue weighted by Crippen LogP contribution is 2.15. The van der Waals surface area contributed by atoms with Crippen LogP contribution in [-0.2, 0) is 0 Å². The van der Waals surface area contributed by atoms with Gasteiger partial charge in [0.05, 0.1) is 6.07 Å². The van der Waals surface area contributed by atoms with Crippen LogP contribution in [0.3, 0.4) is 0 Å². The lowest BCUT2D eigenvalue weighted by Gasteiger charge is -2.36. The van der Waals surface area contributed by atoms with Crippen molar-refractivity contribution in [1.82, 2.24) is 4.90 Å². The molecular weight excluding hydrogens is 210 g/mol. The Morgan fingerprint density at radius 3 is 2.41 bits per heavy atom. The van der Waals surface area contributed by atoms with Crippen molar-refractivity contribution in [2.45, 2.75) is 12.8 Å². The van der Waals surface area contributed by atoms with E-state index in [0.29, 0.717) is 6.42 Å². The first kappa shape index (κ1) is 11.9. The standard InChI is InChI=1S/C14H19N3/c15-8-4-5-9-16-10-12-17(13-11-16)14-6-2-1-3-7-14/h1-3,6-7H,4-5,9-13H2. The molecule has 1 aromatic rings. The third-order valence-corrected chi connectivity index (χ3v) is 3.26. The Labute approximate surface area is 103 Å². The van der Waals surface area contributed by atoms with Gasteiger partial charge in [-0.1, -0.05) is 18.2 Å². The van der Waals surface area contributed by atoms with Gasteiger partial charge in [0, 0.05) is 38.3 Å². The van der Waals surface area contributed by atoms with Crippen LogP contribution in [-0.4, -0.2) is 37.6 Å². The van der Waals surface area contributed by atoms with E-state index in [1.54, 1.807) is 0 Å². The molecule has 0 radical (unpaired) electrons. The largest absolute Gasteiger partial charge is 0.369 e. The molecule has 0 bridgehead atoms. The SMILES string of the molecule is N#CCCCN1CCN(c2ccccc2)CC1. The molecule has 0 N–H and O–H groups in total. The van der Waals surface area contributed by atoms with Crippen LogP contribution in [0.1, 0.15) is 12.8 Å². The van der Waals surface area contributed by atoms with Gasteiger partial charge in [-0.15, -0.1) is 0 Å².